The van der Waals surface area contributed by atoms with Gasteiger partial charge in [0, 0.05) is 24.3 Å². The summed E-state index contributed by atoms with van der Waals surface area (Å²) >= 11 is 0. The zero-order valence-corrected chi connectivity index (χ0v) is 10.6. The Kier molecular flexibility index (Phi) is 3.65. The summed E-state index contributed by atoms with van der Waals surface area (Å²) in [7, 11) is -2.99. The van der Waals surface area contributed by atoms with Crippen LogP contribution in [0.5, 0.6) is 0 Å². The molecule has 0 aliphatic carbocycles. The van der Waals surface area contributed by atoms with Crippen LogP contribution in [-0.2, 0) is 9.84 Å². The van der Waals surface area contributed by atoms with Crippen molar-refractivity contribution >= 4 is 21.8 Å². The normalized spacial score (nSPS) is 19.3. The Labute approximate surface area is 105 Å². The van der Waals surface area contributed by atoms with Gasteiger partial charge in [0.1, 0.15) is 5.82 Å². The summed E-state index contributed by atoms with van der Waals surface area (Å²) in [5.74, 6) is -0.229. The van der Waals surface area contributed by atoms with Crippen molar-refractivity contribution in [2.75, 3.05) is 29.5 Å². The van der Waals surface area contributed by atoms with Gasteiger partial charge in [0.15, 0.2) is 16.1 Å². The summed E-state index contributed by atoms with van der Waals surface area (Å²) in [6.07, 6.45) is 1.12. The number of carbonyl (C=O) groups is 1. The molecule has 1 aromatic carbocycles. The summed E-state index contributed by atoms with van der Waals surface area (Å²) in [4.78, 5) is 12.8. The second-order valence-corrected chi connectivity index (χ2v) is 6.62. The van der Waals surface area contributed by atoms with Crippen LogP contribution in [0.15, 0.2) is 18.2 Å². The van der Waals surface area contributed by atoms with E-state index >= 15 is 0 Å². The highest BCUT2D eigenvalue weighted by Gasteiger charge is 2.20. The summed E-state index contributed by atoms with van der Waals surface area (Å²) in [5.41, 5.74) is 0.859. The molecule has 1 heterocycles. The molecule has 0 bridgehead atoms. The maximum atomic E-state index is 13.0. The lowest BCUT2D eigenvalue weighted by Crippen LogP contribution is -2.27. The minimum atomic E-state index is -2.99. The molecule has 0 saturated carbocycles. The van der Waals surface area contributed by atoms with Crippen LogP contribution in [0.2, 0.25) is 0 Å². The predicted molar refractivity (Wildman–Crippen MR) is 67.3 cm³/mol. The third-order valence-corrected chi connectivity index (χ3v) is 4.73. The average Bonchev–Trinajstić information content (AvgIpc) is 2.50. The van der Waals surface area contributed by atoms with Gasteiger partial charge >= 0.3 is 0 Å². The van der Waals surface area contributed by atoms with Crippen LogP contribution >= 0.6 is 0 Å². The topological polar surface area (TPSA) is 54.5 Å². The Balaban J connectivity index is 2.29. The Morgan fingerprint density at radius 2 is 2.00 bits per heavy atom. The molecule has 98 valence electrons. The number of benzene rings is 1. The Morgan fingerprint density at radius 1 is 1.22 bits per heavy atom. The fraction of sp³-hybridized carbons (Fsp3) is 0.417. The second kappa shape index (κ2) is 5.06. The number of halogens is 1. The summed E-state index contributed by atoms with van der Waals surface area (Å²) < 4.78 is 36.0. The first-order valence-electron chi connectivity index (χ1n) is 5.72. The quantitative estimate of drug-likeness (QED) is 0.760. The van der Waals surface area contributed by atoms with E-state index in [1.807, 2.05) is 4.90 Å². The lowest BCUT2D eigenvalue weighted by atomic mass is 10.1. The number of hydrogen-bond acceptors (Lipinski definition) is 4. The molecule has 0 spiro atoms. The number of hydrogen-bond donors (Lipinski definition) is 0. The van der Waals surface area contributed by atoms with Crippen molar-refractivity contribution in [2.45, 2.75) is 6.42 Å². The van der Waals surface area contributed by atoms with E-state index in [1.54, 1.807) is 0 Å². The first-order chi connectivity index (χ1) is 8.52. The van der Waals surface area contributed by atoms with Crippen LogP contribution in [0.1, 0.15) is 16.8 Å². The van der Waals surface area contributed by atoms with Gasteiger partial charge in [-0.25, -0.2) is 12.8 Å². The molecule has 0 atom stereocenters. The van der Waals surface area contributed by atoms with Crippen molar-refractivity contribution in [1.82, 2.24) is 0 Å². The van der Waals surface area contributed by atoms with Crippen molar-refractivity contribution in [3.63, 3.8) is 0 Å². The second-order valence-electron chi connectivity index (χ2n) is 4.31. The van der Waals surface area contributed by atoms with E-state index in [-0.39, 0.29) is 17.1 Å². The molecule has 0 unspecified atom stereocenters. The van der Waals surface area contributed by atoms with Gasteiger partial charge in [-0.1, -0.05) is 0 Å². The van der Waals surface area contributed by atoms with Gasteiger partial charge in [0.05, 0.1) is 11.5 Å². The van der Waals surface area contributed by atoms with E-state index in [2.05, 4.69) is 0 Å². The molecule has 1 fully saturated rings. The molecule has 0 amide bonds. The monoisotopic (exact) mass is 271 g/mol. The molecule has 1 saturated heterocycles. The summed E-state index contributed by atoms with van der Waals surface area (Å²) in [5, 5.41) is 0. The average molecular weight is 271 g/mol. The van der Waals surface area contributed by atoms with E-state index in [0.29, 0.717) is 31.5 Å². The zero-order valence-electron chi connectivity index (χ0n) is 9.80. The molecule has 1 aromatic rings. The molecular weight excluding hydrogens is 257 g/mol. The van der Waals surface area contributed by atoms with Crippen molar-refractivity contribution in [3.8, 4) is 0 Å². The summed E-state index contributed by atoms with van der Waals surface area (Å²) in [6.45, 7) is 0.903. The molecule has 4 nitrogen and oxygen atoms in total. The summed E-state index contributed by atoms with van der Waals surface area (Å²) in [6, 6.07) is 3.97. The van der Waals surface area contributed by atoms with Crippen LogP contribution in [-0.4, -0.2) is 39.3 Å². The number of nitrogens with zero attached hydrogens (tertiary/aromatic N) is 1. The molecule has 1 aliphatic rings. The van der Waals surface area contributed by atoms with E-state index < -0.39 is 15.7 Å². The highest BCUT2D eigenvalue weighted by molar-refractivity contribution is 7.91. The van der Waals surface area contributed by atoms with E-state index in [9.17, 15) is 17.6 Å². The third-order valence-electron chi connectivity index (χ3n) is 3.01. The van der Waals surface area contributed by atoms with Gasteiger partial charge in [0.25, 0.3) is 0 Å². The lowest BCUT2D eigenvalue weighted by molar-refractivity contribution is 0.112. The fourth-order valence-electron chi connectivity index (χ4n) is 2.09. The van der Waals surface area contributed by atoms with Crippen molar-refractivity contribution in [3.05, 3.63) is 29.6 Å². The van der Waals surface area contributed by atoms with E-state index in [0.717, 1.165) is 0 Å². The smallest absolute Gasteiger partial charge is 0.152 e. The molecule has 18 heavy (non-hydrogen) atoms. The van der Waals surface area contributed by atoms with Crippen LogP contribution < -0.4 is 4.90 Å². The Bertz CT molecular complexity index is 556. The highest BCUT2D eigenvalue weighted by atomic mass is 32.2. The molecule has 2 rings (SSSR count). The number of aldehydes is 1. The van der Waals surface area contributed by atoms with Gasteiger partial charge in [0.2, 0.25) is 0 Å². The highest BCUT2D eigenvalue weighted by Crippen LogP contribution is 2.22. The van der Waals surface area contributed by atoms with Gasteiger partial charge in [-0.15, -0.1) is 0 Å². The van der Waals surface area contributed by atoms with Crippen molar-refractivity contribution in [2.24, 2.45) is 0 Å². The maximum Gasteiger partial charge on any atom is 0.152 e. The molecular formula is C12H14FNO3S. The van der Waals surface area contributed by atoms with E-state index in [4.69, 9.17) is 0 Å². The minimum absolute atomic E-state index is 0.0721. The lowest BCUT2D eigenvalue weighted by Gasteiger charge is -2.23. The Morgan fingerprint density at radius 3 is 2.72 bits per heavy atom. The van der Waals surface area contributed by atoms with Crippen LogP contribution in [0.25, 0.3) is 0 Å². The maximum absolute atomic E-state index is 13.0. The molecule has 6 heteroatoms. The molecule has 0 radical (unpaired) electrons. The Hall–Kier alpha value is -1.43. The van der Waals surface area contributed by atoms with Crippen LogP contribution in [0.4, 0.5) is 10.1 Å². The molecule has 0 aromatic heterocycles. The fourth-order valence-corrected chi connectivity index (χ4v) is 3.36. The van der Waals surface area contributed by atoms with Crippen LogP contribution in [0.3, 0.4) is 0 Å². The van der Waals surface area contributed by atoms with Crippen molar-refractivity contribution < 1.29 is 17.6 Å². The van der Waals surface area contributed by atoms with Gasteiger partial charge in [-0.2, -0.15) is 0 Å². The third kappa shape index (κ3) is 2.87. The van der Waals surface area contributed by atoms with Gasteiger partial charge < -0.3 is 4.90 Å². The van der Waals surface area contributed by atoms with Crippen molar-refractivity contribution in [1.29, 1.82) is 0 Å². The molecule has 1 aliphatic heterocycles. The predicted octanol–water partition coefficient (Wildman–Crippen LogP) is 1.26. The molecule has 0 N–H and O–H groups in total. The zero-order chi connectivity index (χ0) is 13.2. The minimum Gasteiger partial charge on any atom is -0.370 e. The van der Waals surface area contributed by atoms with Crippen LogP contribution in [0, 0.1) is 5.82 Å². The van der Waals surface area contributed by atoms with Gasteiger partial charge in [-0.3, -0.25) is 4.79 Å². The SMILES string of the molecule is O=Cc1cc(F)ccc1N1CCCS(=O)(=O)CC1. The largest absolute Gasteiger partial charge is 0.370 e. The number of anilines is 1. The number of rotatable bonds is 2. The number of sulfone groups is 1. The first kappa shape index (κ1) is 13.0. The first-order valence-corrected chi connectivity index (χ1v) is 7.54. The van der Waals surface area contributed by atoms with E-state index in [1.165, 1.54) is 18.2 Å². The number of carbonyl (C=O) groups excluding carboxylic acids is 1. The van der Waals surface area contributed by atoms with Gasteiger partial charge in [-0.05, 0) is 24.6 Å². The standard InChI is InChI=1S/C12H14FNO3S/c13-11-2-3-12(10(8-11)9-15)14-4-1-6-18(16,17)7-5-14/h2-3,8-9H,1,4-7H2.